The maximum atomic E-state index is 3.79. The van der Waals surface area contributed by atoms with Gasteiger partial charge in [0.2, 0.25) is 0 Å². The van der Waals surface area contributed by atoms with Gasteiger partial charge >= 0.3 is 0 Å². The van der Waals surface area contributed by atoms with E-state index in [9.17, 15) is 0 Å². The van der Waals surface area contributed by atoms with E-state index in [1.807, 2.05) is 0 Å². The molecule has 0 saturated heterocycles. The first-order valence-electron chi connectivity index (χ1n) is 8.64. The standard InChI is InChI=1S/C17H33NS/c1-3-5-14-6-7-16(13-18-17-8-9-17)15(12-14)10-11-19-4-2/h14-18H,3-13H2,1-2H3. The predicted octanol–water partition coefficient (Wildman–Crippen LogP) is 4.71. The zero-order valence-electron chi connectivity index (χ0n) is 13.0. The summed E-state index contributed by atoms with van der Waals surface area (Å²) in [7, 11) is 0. The van der Waals surface area contributed by atoms with Crippen LogP contribution in [0.5, 0.6) is 0 Å². The van der Waals surface area contributed by atoms with E-state index in [0.717, 1.165) is 23.8 Å². The normalized spacial score (nSPS) is 31.6. The summed E-state index contributed by atoms with van der Waals surface area (Å²) in [4.78, 5) is 0. The molecule has 2 saturated carbocycles. The van der Waals surface area contributed by atoms with Crippen LogP contribution in [0, 0.1) is 17.8 Å². The first-order chi connectivity index (χ1) is 9.33. The van der Waals surface area contributed by atoms with Crippen molar-refractivity contribution in [3.05, 3.63) is 0 Å². The van der Waals surface area contributed by atoms with E-state index in [2.05, 4.69) is 30.9 Å². The lowest BCUT2D eigenvalue weighted by Gasteiger charge is -2.36. The third-order valence-corrected chi connectivity index (χ3v) is 5.96. The lowest BCUT2D eigenvalue weighted by molar-refractivity contribution is 0.164. The fraction of sp³-hybridized carbons (Fsp3) is 1.00. The summed E-state index contributed by atoms with van der Waals surface area (Å²) in [6.45, 7) is 5.95. The average Bonchev–Trinajstić information content (AvgIpc) is 3.22. The fourth-order valence-electron chi connectivity index (χ4n) is 3.70. The highest BCUT2D eigenvalue weighted by Crippen LogP contribution is 2.38. The van der Waals surface area contributed by atoms with Gasteiger partial charge in [0, 0.05) is 6.04 Å². The Kier molecular flexibility index (Phi) is 7.07. The Bertz CT molecular complexity index is 239. The van der Waals surface area contributed by atoms with Gasteiger partial charge in [-0.3, -0.25) is 0 Å². The van der Waals surface area contributed by atoms with Gasteiger partial charge in [-0.05, 0) is 67.9 Å². The third kappa shape index (κ3) is 5.67. The number of rotatable bonds is 9. The molecule has 0 bridgehead atoms. The molecule has 2 fully saturated rings. The molecule has 0 heterocycles. The number of nitrogens with one attached hydrogen (secondary N) is 1. The van der Waals surface area contributed by atoms with Crippen molar-refractivity contribution in [3.8, 4) is 0 Å². The van der Waals surface area contributed by atoms with E-state index in [0.29, 0.717) is 0 Å². The predicted molar refractivity (Wildman–Crippen MR) is 87.9 cm³/mol. The van der Waals surface area contributed by atoms with E-state index >= 15 is 0 Å². The van der Waals surface area contributed by atoms with Gasteiger partial charge in [-0.2, -0.15) is 11.8 Å². The third-order valence-electron chi connectivity index (χ3n) is 5.03. The Labute approximate surface area is 124 Å². The van der Waals surface area contributed by atoms with Crippen molar-refractivity contribution in [2.24, 2.45) is 17.8 Å². The fourth-order valence-corrected chi connectivity index (χ4v) is 4.46. The highest BCUT2D eigenvalue weighted by molar-refractivity contribution is 7.99. The van der Waals surface area contributed by atoms with Gasteiger partial charge in [0.15, 0.2) is 0 Å². The Morgan fingerprint density at radius 2 is 1.84 bits per heavy atom. The lowest BCUT2D eigenvalue weighted by atomic mass is 9.71. The molecule has 2 aliphatic rings. The highest BCUT2D eigenvalue weighted by Gasteiger charge is 2.31. The van der Waals surface area contributed by atoms with Crippen molar-refractivity contribution >= 4 is 11.8 Å². The molecule has 1 N–H and O–H groups in total. The van der Waals surface area contributed by atoms with Crippen molar-refractivity contribution < 1.29 is 0 Å². The van der Waals surface area contributed by atoms with Crippen LogP contribution >= 0.6 is 11.8 Å². The molecule has 19 heavy (non-hydrogen) atoms. The molecule has 0 radical (unpaired) electrons. The second kappa shape index (κ2) is 8.56. The molecule has 2 heteroatoms. The average molecular weight is 284 g/mol. The maximum absolute atomic E-state index is 3.79. The molecule has 2 aliphatic carbocycles. The van der Waals surface area contributed by atoms with Gasteiger partial charge in [-0.1, -0.05) is 33.1 Å². The van der Waals surface area contributed by atoms with Crippen LogP contribution in [0.4, 0.5) is 0 Å². The van der Waals surface area contributed by atoms with E-state index < -0.39 is 0 Å². The van der Waals surface area contributed by atoms with Crippen LogP contribution < -0.4 is 5.32 Å². The van der Waals surface area contributed by atoms with Crippen LogP contribution in [0.15, 0.2) is 0 Å². The zero-order valence-corrected chi connectivity index (χ0v) is 13.8. The Morgan fingerprint density at radius 1 is 1.00 bits per heavy atom. The van der Waals surface area contributed by atoms with Crippen LogP contribution in [0.25, 0.3) is 0 Å². The topological polar surface area (TPSA) is 12.0 Å². The molecule has 0 aromatic carbocycles. The Balaban J connectivity index is 1.76. The second-order valence-electron chi connectivity index (χ2n) is 6.66. The van der Waals surface area contributed by atoms with Gasteiger partial charge in [0.05, 0.1) is 0 Å². The van der Waals surface area contributed by atoms with Gasteiger partial charge in [0.1, 0.15) is 0 Å². The van der Waals surface area contributed by atoms with Gasteiger partial charge in [0.25, 0.3) is 0 Å². The molecule has 0 aromatic heterocycles. The van der Waals surface area contributed by atoms with Gasteiger partial charge in [-0.15, -0.1) is 0 Å². The molecule has 2 rings (SSSR count). The molecule has 0 aromatic rings. The van der Waals surface area contributed by atoms with Crippen molar-refractivity contribution in [1.82, 2.24) is 5.32 Å². The minimum absolute atomic E-state index is 0.888. The Morgan fingerprint density at radius 3 is 2.53 bits per heavy atom. The molecular weight excluding hydrogens is 250 g/mol. The van der Waals surface area contributed by atoms with E-state index in [1.54, 1.807) is 0 Å². The molecule has 0 spiro atoms. The van der Waals surface area contributed by atoms with Crippen molar-refractivity contribution in [3.63, 3.8) is 0 Å². The summed E-state index contributed by atoms with van der Waals surface area (Å²) in [5.41, 5.74) is 0. The molecule has 3 atom stereocenters. The highest BCUT2D eigenvalue weighted by atomic mass is 32.2. The summed E-state index contributed by atoms with van der Waals surface area (Å²) >= 11 is 2.13. The van der Waals surface area contributed by atoms with E-state index in [-0.39, 0.29) is 0 Å². The van der Waals surface area contributed by atoms with Crippen LogP contribution in [0.2, 0.25) is 0 Å². The first kappa shape index (κ1) is 15.7. The van der Waals surface area contributed by atoms with E-state index in [1.165, 1.54) is 69.4 Å². The smallest absolute Gasteiger partial charge is 0.00683 e. The quantitative estimate of drug-likeness (QED) is 0.615. The number of hydrogen-bond donors (Lipinski definition) is 1. The maximum Gasteiger partial charge on any atom is 0.00683 e. The molecule has 112 valence electrons. The summed E-state index contributed by atoms with van der Waals surface area (Å²) in [5, 5.41) is 3.79. The molecule has 0 aliphatic heterocycles. The van der Waals surface area contributed by atoms with Crippen molar-refractivity contribution in [1.29, 1.82) is 0 Å². The van der Waals surface area contributed by atoms with Gasteiger partial charge < -0.3 is 5.32 Å². The largest absolute Gasteiger partial charge is 0.314 e. The zero-order chi connectivity index (χ0) is 13.5. The van der Waals surface area contributed by atoms with Crippen LogP contribution in [0.1, 0.15) is 65.2 Å². The van der Waals surface area contributed by atoms with Crippen LogP contribution in [0.3, 0.4) is 0 Å². The van der Waals surface area contributed by atoms with Gasteiger partial charge in [-0.25, -0.2) is 0 Å². The molecule has 3 unspecified atom stereocenters. The van der Waals surface area contributed by atoms with Crippen LogP contribution in [-0.4, -0.2) is 24.1 Å². The number of thioether (sulfide) groups is 1. The lowest BCUT2D eigenvalue weighted by Crippen LogP contribution is -2.34. The SMILES string of the molecule is CCCC1CCC(CNC2CC2)C(CCSCC)C1. The van der Waals surface area contributed by atoms with Crippen molar-refractivity contribution in [2.75, 3.05) is 18.1 Å². The van der Waals surface area contributed by atoms with E-state index in [4.69, 9.17) is 0 Å². The van der Waals surface area contributed by atoms with Crippen LogP contribution in [-0.2, 0) is 0 Å². The summed E-state index contributed by atoms with van der Waals surface area (Å²) in [5.74, 6) is 5.70. The number of hydrogen-bond acceptors (Lipinski definition) is 2. The summed E-state index contributed by atoms with van der Waals surface area (Å²) in [6.07, 6.45) is 11.7. The molecular formula is C17H33NS. The second-order valence-corrected chi connectivity index (χ2v) is 8.05. The first-order valence-corrected chi connectivity index (χ1v) is 9.80. The minimum atomic E-state index is 0.888. The summed E-state index contributed by atoms with van der Waals surface area (Å²) in [6, 6.07) is 0.888. The monoisotopic (exact) mass is 283 g/mol. The molecule has 0 amide bonds. The molecule has 1 nitrogen and oxygen atoms in total. The Hall–Kier alpha value is 0.310. The van der Waals surface area contributed by atoms with Crippen molar-refractivity contribution in [2.45, 2.75) is 71.3 Å². The summed E-state index contributed by atoms with van der Waals surface area (Å²) < 4.78 is 0. The minimum Gasteiger partial charge on any atom is -0.314 e.